The van der Waals surface area contributed by atoms with Crippen LogP contribution in [0.25, 0.3) is 0 Å². The number of nitrogens with zero attached hydrogens (tertiary/aromatic N) is 3. The molecule has 0 aliphatic heterocycles. The Bertz CT molecular complexity index is 946. The number of anilines is 2. The number of benzene rings is 1. The Labute approximate surface area is 162 Å². The lowest BCUT2D eigenvalue weighted by Crippen LogP contribution is -2.23. The predicted octanol–water partition coefficient (Wildman–Crippen LogP) is 2.72. The van der Waals surface area contributed by atoms with Crippen molar-refractivity contribution in [3.05, 3.63) is 77.9 Å². The third kappa shape index (κ3) is 4.88. The number of hydrogen-bond donors (Lipinski definition) is 2. The zero-order chi connectivity index (χ0) is 19.8. The molecule has 142 valence electrons. The fourth-order valence-electron chi connectivity index (χ4n) is 2.40. The van der Waals surface area contributed by atoms with E-state index >= 15 is 0 Å². The molecule has 0 saturated carbocycles. The Hall–Kier alpha value is -3.81. The van der Waals surface area contributed by atoms with Crippen LogP contribution in [0, 0.1) is 0 Å². The maximum absolute atomic E-state index is 12.2. The van der Waals surface area contributed by atoms with Crippen molar-refractivity contribution in [1.82, 2.24) is 20.3 Å². The molecule has 0 spiro atoms. The van der Waals surface area contributed by atoms with Crippen molar-refractivity contribution in [1.29, 1.82) is 0 Å². The van der Waals surface area contributed by atoms with Crippen molar-refractivity contribution in [2.24, 2.45) is 0 Å². The van der Waals surface area contributed by atoms with Crippen LogP contribution in [0.4, 0.5) is 11.6 Å². The van der Waals surface area contributed by atoms with Crippen molar-refractivity contribution in [3.8, 4) is 0 Å². The second kappa shape index (κ2) is 9.22. The highest BCUT2D eigenvalue weighted by molar-refractivity contribution is 5.96. The number of carbonyl (C=O) groups excluding carboxylic acids is 2. The van der Waals surface area contributed by atoms with Crippen LogP contribution in [0.15, 0.2) is 61.2 Å². The summed E-state index contributed by atoms with van der Waals surface area (Å²) in [5, 5.41) is 5.75. The smallest absolute Gasteiger partial charge is 0.340 e. The van der Waals surface area contributed by atoms with Gasteiger partial charge >= 0.3 is 5.97 Å². The third-order valence-electron chi connectivity index (χ3n) is 3.76. The fourth-order valence-corrected chi connectivity index (χ4v) is 2.40. The van der Waals surface area contributed by atoms with Crippen LogP contribution >= 0.6 is 0 Å². The highest BCUT2D eigenvalue weighted by Crippen LogP contribution is 2.19. The summed E-state index contributed by atoms with van der Waals surface area (Å²) in [6.07, 6.45) is 6.19. The van der Waals surface area contributed by atoms with Gasteiger partial charge in [0.25, 0.3) is 5.91 Å². The van der Waals surface area contributed by atoms with Gasteiger partial charge in [-0.2, -0.15) is 0 Å². The van der Waals surface area contributed by atoms with Crippen LogP contribution in [-0.4, -0.2) is 33.4 Å². The molecule has 0 radical (unpaired) electrons. The molecule has 28 heavy (non-hydrogen) atoms. The maximum Gasteiger partial charge on any atom is 0.340 e. The highest BCUT2D eigenvalue weighted by Gasteiger charge is 2.13. The van der Waals surface area contributed by atoms with E-state index in [1.165, 1.54) is 12.4 Å². The van der Waals surface area contributed by atoms with E-state index in [-0.39, 0.29) is 18.5 Å². The Kier molecular flexibility index (Phi) is 6.25. The molecule has 8 nitrogen and oxygen atoms in total. The summed E-state index contributed by atoms with van der Waals surface area (Å²) in [7, 11) is 0. The molecule has 3 rings (SSSR count). The number of rotatable bonds is 7. The zero-order valence-corrected chi connectivity index (χ0v) is 15.3. The van der Waals surface area contributed by atoms with Gasteiger partial charge in [-0.1, -0.05) is 18.2 Å². The van der Waals surface area contributed by atoms with Crippen LogP contribution in [0.1, 0.15) is 33.2 Å². The van der Waals surface area contributed by atoms with E-state index in [9.17, 15) is 9.59 Å². The molecule has 0 bridgehead atoms. The van der Waals surface area contributed by atoms with Gasteiger partial charge in [0.05, 0.1) is 23.4 Å². The average molecular weight is 377 g/mol. The second-order valence-electron chi connectivity index (χ2n) is 5.73. The predicted molar refractivity (Wildman–Crippen MR) is 103 cm³/mol. The Morgan fingerprint density at radius 1 is 1.04 bits per heavy atom. The number of amides is 1. The number of pyridine rings is 1. The molecule has 1 aromatic carbocycles. The summed E-state index contributed by atoms with van der Waals surface area (Å²) in [6.45, 7) is 2.39. The first-order valence-electron chi connectivity index (χ1n) is 8.69. The average Bonchev–Trinajstić information content (AvgIpc) is 2.74. The number of hydrogen-bond acceptors (Lipinski definition) is 7. The summed E-state index contributed by atoms with van der Waals surface area (Å²) < 4.78 is 5.04. The topological polar surface area (TPSA) is 106 Å². The van der Waals surface area contributed by atoms with Gasteiger partial charge in [-0.25, -0.2) is 14.8 Å². The summed E-state index contributed by atoms with van der Waals surface area (Å²) in [5.74, 6) is -0.458. The van der Waals surface area contributed by atoms with E-state index in [1.807, 2.05) is 6.07 Å². The van der Waals surface area contributed by atoms with E-state index < -0.39 is 5.97 Å². The van der Waals surface area contributed by atoms with Gasteiger partial charge in [0.2, 0.25) is 5.95 Å². The monoisotopic (exact) mass is 377 g/mol. The molecule has 0 fully saturated rings. The normalized spacial score (nSPS) is 10.2. The standard InChI is InChI=1S/C20H19N5O3/c1-2-28-19(27)16-7-3-4-8-17(16)25-20-23-12-15(13-24-20)18(26)22-11-14-6-5-9-21-10-14/h3-10,12-13H,2,11H2,1H3,(H,22,26)(H,23,24,25). The van der Waals surface area contributed by atoms with E-state index in [4.69, 9.17) is 4.74 Å². The Morgan fingerprint density at radius 3 is 2.54 bits per heavy atom. The van der Waals surface area contributed by atoms with Gasteiger partial charge in [0.1, 0.15) is 0 Å². The van der Waals surface area contributed by atoms with Gasteiger partial charge in [-0.3, -0.25) is 9.78 Å². The van der Waals surface area contributed by atoms with Crippen LogP contribution in [0.3, 0.4) is 0 Å². The number of nitrogens with one attached hydrogen (secondary N) is 2. The summed E-state index contributed by atoms with van der Waals surface area (Å²) in [5.41, 5.74) is 2.12. The minimum Gasteiger partial charge on any atom is -0.462 e. The summed E-state index contributed by atoms with van der Waals surface area (Å²) in [6, 6.07) is 10.6. The maximum atomic E-state index is 12.2. The Balaban J connectivity index is 1.65. The van der Waals surface area contributed by atoms with Crippen LogP contribution in [0.2, 0.25) is 0 Å². The van der Waals surface area contributed by atoms with E-state index in [1.54, 1.807) is 49.6 Å². The lowest BCUT2D eigenvalue weighted by atomic mass is 10.2. The molecule has 2 N–H and O–H groups in total. The SMILES string of the molecule is CCOC(=O)c1ccccc1Nc1ncc(C(=O)NCc2cccnc2)cn1. The van der Waals surface area contributed by atoms with Crippen molar-refractivity contribution < 1.29 is 14.3 Å². The number of ether oxygens (including phenoxy) is 1. The largest absolute Gasteiger partial charge is 0.462 e. The molecule has 0 atom stereocenters. The molecule has 8 heteroatoms. The number of carbonyl (C=O) groups is 2. The first-order valence-corrected chi connectivity index (χ1v) is 8.69. The van der Waals surface area contributed by atoms with Gasteiger partial charge in [-0.15, -0.1) is 0 Å². The molecule has 2 heterocycles. The Morgan fingerprint density at radius 2 is 1.82 bits per heavy atom. The molecule has 0 aliphatic rings. The van der Waals surface area contributed by atoms with Gasteiger partial charge in [0.15, 0.2) is 0 Å². The number of aromatic nitrogens is 3. The van der Waals surface area contributed by atoms with E-state index in [2.05, 4.69) is 25.6 Å². The molecule has 1 amide bonds. The zero-order valence-electron chi connectivity index (χ0n) is 15.3. The second-order valence-corrected chi connectivity index (χ2v) is 5.73. The van der Waals surface area contributed by atoms with Gasteiger partial charge < -0.3 is 15.4 Å². The lowest BCUT2D eigenvalue weighted by molar-refractivity contribution is 0.0527. The molecule has 3 aromatic rings. The number of para-hydroxylation sites is 1. The molecule has 0 aliphatic carbocycles. The summed E-state index contributed by atoms with van der Waals surface area (Å²) in [4.78, 5) is 36.5. The van der Waals surface area contributed by atoms with Gasteiger partial charge in [-0.05, 0) is 30.7 Å². The van der Waals surface area contributed by atoms with E-state index in [0.29, 0.717) is 23.4 Å². The van der Waals surface area contributed by atoms with Crippen LogP contribution in [-0.2, 0) is 11.3 Å². The van der Waals surface area contributed by atoms with E-state index in [0.717, 1.165) is 5.56 Å². The third-order valence-corrected chi connectivity index (χ3v) is 3.76. The van der Waals surface area contributed by atoms with Crippen LogP contribution < -0.4 is 10.6 Å². The van der Waals surface area contributed by atoms with Gasteiger partial charge in [0, 0.05) is 31.3 Å². The van der Waals surface area contributed by atoms with Crippen molar-refractivity contribution in [3.63, 3.8) is 0 Å². The van der Waals surface area contributed by atoms with Crippen molar-refractivity contribution in [2.45, 2.75) is 13.5 Å². The van der Waals surface area contributed by atoms with Crippen molar-refractivity contribution >= 4 is 23.5 Å². The summed E-state index contributed by atoms with van der Waals surface area (Å²) >= 11 is 0. The minimum atomic E-state index is -0.433. The fraction of sp³-hybridized carbons (Fsp3) is 0.150. The molecule has 0 saturated heterocycles. The van der Waals surface area contributed by atoms with Crippen molar-refractivity contribution in [2.75, 3.05) is 11.9 Å². The highest BCUT2D eigenvalue weighted by atomic mass is 16.5. The molecule has 2 aromatic heterocycles. The minimum absolute atomic E-state index is 0.264. The quantitative estimate of drug-likeness (QED) is 0.610. The molecule has 0 unspecified atom stereocenters. The lowest BCUT2D eigenvalue weighted by Gasteiger charge is -2.10. The van der Waals surface area contributed by atoms with Crippen LogP contribution in [0.5, 0.6) is 0 Å². The molecular formula is C20H19N5O3. The number of esters is 1. The molecular weight excluding hydrogens is 358 g/mol. The first-order chi connectivity index (χ1) is 13.7. The first kappa shape index (κ1) is 19.0.